The summed E-state index contributed by atoms with van der Waals surface area (Å²) in [5.41, 5.74) is 0.385. The van der Waals surface area contributed by atoms with Gasteiger partial charge in [-0.05, 0) is 12.3 Å². The molecule has 1 N–H and O–H groups in total. The SMILES string of the molecule is C=C1C(=O)[C@H](C)[C@H](C)C[C@@H]1O. The van der Waals surface area contributed by atoms with Crippen molar-refractivity contribution < 1.29 is 9.90 Å². The second-order valence-electron chi connectivity index (χ2n) is 3.41. The van der Waals surface area contributed by atoms with Crippen molar-refractivity contribution in [1.29, 1.82) is 0 Å². The van der Waals surface area contributed by atoms with E-state index < -0.39 is 6.10 Å². The van der Waals surface area contributed by atoms with Gasteiger partial charge in [0.15, 0.2) is 5.78 Å². The molecule has 1 fully saturated rings. The lowest BCUT2D eigenvalue weighted by Crippen LogP contribution is -2.34. The van der Waals surface area contributed by atoms with E-state index in [1.807, 2.05) is 13.8 Å². The molecule has 0 aromatic carbocycles. The molecule has 3 atom stereocenters. The lowest BCUT2D eigenvalue weighted by atomic mass is 9.77. The van der Waals surface area contributed by atoms with E-state index in [1.165, 1.54) is 0 Å². The zero-order valence-electron chi connectivity index (χ0n) is 7.00. The fourth-order valence-electron chi connectivity index (χ4n) is 1.41. The third-order valence-electron chi connectivity index (χ3n) is 2.58. The van der Waals surface area contributed by atoms with Crippen molar-refractivity contribution in [3.05, 3.63) is 12.2 Å². The molecule has 1 rings (SSSR count). The molecule has 0 spiro atoms. The van der Waals surface area contributed by atoms with Crippen molar-refractivity contribution in [2.75, 3.05) is 0 Å². The number of rotatable bonds is 0. The molecule has 62 valence electrons. The van der Waals surface area contributed by atoms with Gasteiger partial charge in [-0.2, -0.15) is 0 Å². The number of hydrogen-bond donors (Lipinski definition) is 1. The molecule has 2 heteroatoms. The van der Waals surface area contributed by atoms with Gasteiger partial charge in [-0.3, -0.25) is 4.79 Å². The second kappa shape index (κ2) is 2.78. The van der Waals surface area contributed by atoms with Crippen molar-refractivity contribution in [1.82, 2.24) is 0 Å². The molecule has 1 aliphatic rings. The molecule has 1 aliphatic carbocycles. The van der Waals surface area contributed by atoms with Crippen LogP contribution in [0.2, 0.25) is 0 Å². The van der Waals surface area contributed by atoms with E-state index in [0.717, 1.165) is 0 Å². The number of ketones is 1. The van der Waals surface area contributed by atoms with Crippen molar-refractivity contribution in [2.45, 2.75) is 26.4 Å². The third-order valence-corrected chi connectivity index (χ3v) is 2.58. The van der Waals surface area contributed by atoms with Crippen LogP contribution in [0.5, 0.6) is 0 Å². The normalized spacial score (nSPS) is 39.4. The van der Waals surface area contributed by atoms with Gasteiger partial charge in [0.2, 0.25) is 0 Å². The van der Waals surface area contributed by atoms with Gasteiger partial charge in [-0.25, -0.2) is 0 Å². The molecule has 0 aliphatic heterocycles. The van der Waals surface area contributed by atoms with Gasteiger partial charge in [0.1, 0.15) is 0 Å². The highest BCUT2D eigenvalue weighted by Gasteiger charge is 2.32. The summed E-state index contributed by atoms with van der Waals surface area (Å²) in [5.74, 6) is 0.338. The number of carbonyl (C=O) groups is 1. The van der Waals surface area contributed by atoms with Crippen LogP contribution in [-0.2, 0) is 4.79 Å². The highest BCUT2D eigenvalue weighted by Crippen LogP contribution is 2.29. The molecule has 0 radical (unpaired) electrons. The van der Waals surface area contributed by atoms with E-state index in [0.29, 0.717) is 12.0 Å². The quantitative estimate of drug-likeness (QED) is 0.531. The molecule has 0 bridgehead atoms. The topological polar surface area (TPSA) is 37.3 Å². The summed E-state index contributed by atoms with van der Waals surface area (Å²) in [6.07, 6.45) is 0.0693. The summed E-state index contributed by atoms with van der Waals surface area (Å²) < 4.78 is 0. The minimum absolute atomic E-state index is 0.0243. The zero-order valence-corrected chi connectivity index (χ0v) is 7.00. The molecule has 0 aromatic rings. The monoisotopic (exact) mass is 154 g/mol. The van der Waals surface area contributed by atoms with Crippen molar-refractivity contribution >= 4 is 5.78 Å². The van der Waals surface area contributed by atoms with Crippen molar-refractivity contribution in [2.24, 2.45) is 11.8 Å². The molecule has 0 unspecified atom stereocenters. The van der Waals surface area contributed by atoms with Gasteiger partial charge in [-0.15, -0.1) is 0 Å². The predicted molar refractivity (Wildman–Crippen MR) is 43.1 cm³/mol. The van der Waals surface area contributed by atoms with Crippen LogP contribution >= 0.6 is 0 Å². The molecule has 0 amide bonds. The predicted octanol–water partition coefficient (Wildman–Crippen LogP) is 1.15. The number of carbonyl (C=O) groups excluding carboxylic acids is 1. The smallest absolute Gasteiger partial charge is 0.163 e. The molecule has 0 aromatic heterocycles. The fraction of sp³-hybridized carbons (Fsp3) is 0.667. The molecular formula is C9H14O2. The third kappa shape index (κ3) is 1.36. The Bertz CT molecular complexity index is 196. The number of aliphatic hydroxyl groups is 1. The zero-order chi connectivity index (χ0) is 8.59. The number of Topliss-reactive ketones (excluding diaryl/α,β-unsaturated/α-hetero) is 1. The highest BCUT2D eigenvalue weighted by atomic mass is 16.3. The Balaban J connectivity index is 2.79. The first-order valence-electron chi connectivity index (χ1n) is 3.95. The first kappa shape index (κ1) is 8.47. The summed E-state index contributed by atoms with van der Waals surface area (Å²) in [7, 11) is 0. The summed E-state index contributed by atoms with van der Waals surface area (Å²) >= 11 is 0. The first-order valence-corrected chi connectivity index (χ1v) is 3.95. The van der Waals surface area contributed by atoms with Crippen LogP contribution in [0.25, 0.3) is 0 Å². The largest absolute Gasteiger partial charge is 0.388 e. The molecule has 0 heterocycles. The van der Waals surface area contributed by atoms with Crippen LogP contribution in [0.3, 0.4) is 0 Å². The number of aliphatic hydroxyl groups excluding tert-OH is 1. The van der Waals surface area contributed by atoms with Crippen LogP contribution in [0.1, 0.15) is 20.3 Å². The Kier molecular flexibility index (Phi) is 2.14. The average Bonchev–Trinajstić information content (AvgIpc) is 1.97. The Morgan fingerprint density at radius 2 is 2.09 bits per heavy atom. The lowest BCUT2D eigenvalue weighted by Gasteiger charge is -2.29. The Hall–Kier alpha value is -0.630. The molecule has 1 saturated carbocycles. The summed E-state index contributed by atoms with van der Waals surface area (Å²) in [6.45, 7) is 7.44. The van der Waals surface area contributed by atoms with Gasteiger partial charge in [0.25, 0.3) is 0 Å². The standard InChI is InChI=1S/C9H14O2/c1-5-4-8(10)7(3)9(11)6(5)2/h5-6,8,10H,3-4H2,1-2H3/t5-,6-,8+/m1/s1. The summed E-state index contributed by atoms with van der Waals surface area (Å²) in [5, 5.41) is 9.32. The Morgan fingerprint density at radius 3 is 2.64 bits per heavy atom. The first-order chi connectivity index (χ1) is 5.04. The van der Waals surface area contributed by atoms with Crippen LogP contribution in [0, 0.1) is 11.8 Å². The maximum absolute atomic E-state index is 11.3. The van der Waals surface area contributed by atoms with Crippen LogP contribution < -0.4 is 0 Å². The molecule has 0 saturated heterocycles. The molecular weight excluding hydrogens is 140 g/mol. The maximum Gasteiger partial charge on any atom is 0.163 e. The van der Waals surface area contributed by atoms with E-state index in [2.05, 4.69) is 6.58 Å². The highest BCUT2D eigenvalue weighted by molar-refractivity contribution is 5.98. The second-order valence-corrected chi connectivity index (χ2v) is 3.41. The van der Waals surface area contributed by atoms with Crippen LogP contribution in [0.4, 0.5) is 0 Å². The summed E-state index contributed by atoms with van der Waals surface area (Å²) in [6, 6.07) is 0. The maximum atomic E-state index is 11.3. The van der Waals surface area contributed by atoms with E-state index in [9.17, 15) is 9.90 Å². The van der Waals surface area contributed by atoms with E-state index >= 15 is 0 Å². The van der Waals surface area contributed by atoms with Crippen LogP contribution in [0.15, 0.2) is 12.2 Å². The van der Waals surface area contributed by atoms with Crippen molar-refractivity contribution in [3.8, 4) is 0 Å². The van der Waals surface area contributed by atoms with E-state index in [4.69, 9.17) is 0 Å². The lowest BCUT2D eigenvalue weighted by molar-refractivity contribution is -0.123. The minimum Gasteiger partial charge on any atom is -0.388 e. The van der Waals surface area contributed by atoms with Gasteiger partial charge >= 0.3 is 0 Å². The van der Waals surface area contributed by atoms with Crippen LogP contribution in [-0.4, -0.2) is 17.0 Å². The van der Waals surface area contributed by atoms with Gasteiger partial charge in [-0.1, -0.05) is 20.4 Å². The summed E-state index contributed by atoms with van der Waals surface area (Å²) in [4.78, 5) is 11.3. The fourth-order valence-corrected chi connectivity index (χ4v) is 1.41. The Morgan fingerprint density at radius 1 is 1.55 bits per heavy atom. The molecule has 11 heavy (non-hydrogen) atoms. The minimum atomic E-state index is -0.603. The number of hydrogen-bond acceptors (Lipinski definition) is 2. The molecule has 2 nitrogen and oxygen atoms in total. The van der Waals surface area contributed by atoms with Gasteiger partial charge < -0.3 is 5.11 Å². The average molecular weight is 154 g/mol. The van der Waals surface area contributed by atoms with E-state index in [-0.39, 0.29) is 17.6 Å². The van der Waals surface area contributed by atoms with Gasteiger partial charge in [0.05, 0.1) is 6.10 Å². The van der Waals surface area contributed by atoms with Crippen molar-refractivity contribution in [3.63, 3.8) is 0 Å². The Labute approximate surface area is 66.9 Å². The van der Waals surface area contributed by atoms with E-state index in [1.54, 1.807) is 0 Å². The van der Waals surface area contributed by atoms with Gasteiger partial charge in [0, 0.05) is 11.5 Å².